The molecule has 1 heteroatoms. The van der Waals surface area contributed by atoms with Crippen LogP contribution in [0.3, 0.4) is 0 Å². The largest absolute Gasteiger partial charge is 0.311 e. The van der Waals surface area contributed by atoms with E-state index in [1.54, 1.807) is 0 Å². The average molecular weight is 245 g/mol. The molecule has 100 valence electrons. The van der Waals surface area contributed by atoms with Crippen LogP contribution >= 0.6 is 0 Å². The van der Waals surface area contributed by atoms with Crippen molar-refractivity contribution < 1.29 is 0 Å². The van der Waals surface area contributed by atoms with Crippen LogP contribution in [0.5, 0.6) is 0 Å². The van der Waals surface area contributed by atoms with E-state index in [0.717, 1.165) is 12.5 Å². The Kier molecular flexibility index (Phi) is 4.11. The van der Waals surface area contributed by atoms with Gasteiger partial charge in [0.1, 0.15) is 0 Å². The van der Waals surface area contributed by atoms with Crippen molar-refractivity contribution in [3.05, 3.63) is 35.9 Å². The summed E-state index contributed by atoms with van der Waals surface area (Å²) in [6, 6.07) is 10.9. The second kappa shape index (κ2) is 5.44. The minimum Gasteiger partial charge on any atom is -0.311 e. The zero-order valence-corrected chi connectivity index (χ0v) is 12.2. The van der Waals surface area contributed by atoms with Crippen molar-refractivity contribution in [2.45, 2.75) is 52.0 Å². The summed E-state index contributed by atoms with van der Waals surface area (Å²) in [4.78, 5) is 0. The van der Waals surface area contributed by atoms with Crippen LogP contribution in [-0.4, -0.2) is 12.1 Å². The van der Waals surface area contributed by atoms with Crippen LogP contribution in [0, 0.1) is 11.8 Å². The van der Waals surface area contributed by atoms with Gasteiger partial charge in [-0.2, -0.15) is 0 Å². The van der Waals surface area contributed by atoms with E-state index in [2.05, 4.69) is 63.3 Å². The van der Waals surface area contributed by atoms with Gasteiger partial charge < -0.3 is 5.32 Å². The predicted molar refractivity (Wildman–Crippen MR) is 78.8 cm³/mol. The zero-order chi connectivity index (χ0) is 13.2. The van der Waals surface area contributed by atoms with E-state index in [9.17, 15) is 0 Å². The Labute approximate surface area is 112 Å². The highest BCUT2D eigenvalue weighted by Gasteiger charge is 2.37. The molecule has 1 fully saturated rings. The molecule has 1 unspecified atom stereocenters. The lowest BCUT2D eigenvalue weighted by molar-refractivity contribution is 0.314. The molecule has 0 bridgehead atoms. The lowest BCUT2D eigenvalue weighted by Gasteiger charge is -2.31. The molecule has 18 heavy (non-hydrogen) atoms. The van der Waals surface area contributed by atoms with E-state index in [0.29, 0.717) is 17.4 Å². The Hall–Kier alpha value is -0.820. The molecule has 1 aliphatic rings. The van der Waals surface area contributed by atoms with Gasteiger partial charge in [0.05, 0.1) is 0 Å². The van der Waals surface area contributed by atoms with Crippen LogP contribution in [0.1, 0.15) is 52.0 Å². The second-order valence-electron chi connectivity index (χ2n) is 6.64. The maximum absolute atomic E-state index is 3.80. The van der Waals surface area contributed by atoms with Crippen LogP contribution in [0.15, 0.2) is 30.3 Å². The van der Waals surface area contributed by atoms with Crippen LogP contribution in [0.25, 0.3) is 0 Å². The van der Waals surface area contributed by atoms with Crippen LogP contribution < -0.4 is 5.32 Å². The molecule has 0 spiro atoms. The smallest absolute Gasteiger partial charge is 0.0153 e. The van der Waals surface area contributed by atoms with Crippen molar-refractivity contribution >= 4 is 0 Å². The maximum atomic E-state index is 3.80. The fourth-order valence-corrected chi connectivity index (χ4v) is 2.76. The summed E-state index contributed by atoms with van der Waals surface area (Å²) in [6.07, 6.45) is 2.80. The molecule has 1 aromatic carbocycles. The first-order valence-corrected chi connectivity index (χ1v) is 7.30. The second-order valence-corrected chi connectivity index (χ2v) is 6.64. The molecule has 2 rings (SSSR count). The van der Waals surface area contributed by atoms with Gasteiger partial charge in [-0.3, -0.25) is 0 Å². The van der Waals surface area contributed by atoms with Gasteiger partial charge in [0, 0.05) is 12.1 Å². The molecule has 0 saturated heterocycles. The fraction of sp³-hybridized carbons (Fsp3) is 0.647. The monoisotopic (exact) mass is 245 g/mol. The number of rotatable bonds is 6. The Morgan fingerprint density at radius 3 is 2.28 bits per heavy atom. The Bertz CT molecular complexity index is 362. The van der Waals surface area contributed by atoms with Gasteiger partial charge in [-0.05, 0) is 50.0 Å². The molecule has 1 aliphatic carbocycles. The molecule has 0 radical (unpaired) electrons. The third-order valence-electron chi connectivity index (χ3n) is 4.41. The fourth-order valence-electron chi connectivity index (χ4n) is 2.76. The highest BCUT2D eigenvalue weighted by molar-refractivity contribution is 5.20. The Balaban J connectivity index is 1.99. The summed E-state index contributed by atoms with van der Waals surface area (Å²) in [6.45, 7) is 10.4. The van der Waals surface area contributed by atoms with Crippen molar-refractivity contribution in [3.63, 3.8) is 0 Å². The van der Waals surface area contributed by atoms with Crippen LogP contribution in [0.2, 0.25) is 0 Å². The molecular formula is C17H27N. The SMILES string of the molecule is CC(C)C(CNC(C)(C)C1CC1)c1ccccc1. The van der Waals surface area contributed by atoms with Gasteiger partial charge >= 0.3 is 0 Å². The van der Waals surface area contributed by atoms with E-state index in [1.165, 1.54) is 18.4 Å². The van der Waals surface area contributed by atoms with Gasteiger partial charge in [0.25, 0.3) is 0 Å². The Morgan fingerprint density at radius 2 is 1.78 bits per heavy atom. The Morgan fingerprint density at radius 1 is 1.17 bits per heavy atom. The third kappa shape index (κ3) is 3.35. The summed E-state index contributed by atoms with van der Waals surface area (Å²) in [5, 5.41) is 3.80. The van der Waals surface area contributed by atoms with Gasteiger partial charge in [-0.25, -0.2) is 0 Å². The van der Waals surface area contributed by atoms with Gasteiger partial charge in [0.2, 0.25) is 0 Å². The summed E-state index contributed by atoms with van der Waals surface area (Å²) < 4.78 is 0. The lowest BCUT2D eigenvalue weighted by Crippen LogP contribution is -2.44. The van der Waals surface area contributed by atoms with Crippen LogP contribution in [-0.2, 0) is 0 Å². The molecule has 1 nitrogen and oxygen atoms in total. The number of benzene rings is 1. The first-order valence-electron chi connectivity index (χ1n) is 7.30. The quantitative estimate of drug-likeness (QED) is 0.792. The highest BCUT2D eigenvalue weighted by atomic mass is 15.0. The van der Waals surface area contributed by atoms with E-state index in [1.807, 2.05) is 0 Å². The molecule has 0 amide bonds. The average Bonchev–Trinajstić information content (AvgIpc) is 3.14. The van der Waals surface area contributed by atoms with Gasteiger partial charge in [0.15, 0.2) is 0 Å². The molecule has 0 aromatic heterocycles. The van der Waals surface area contributed by atoms with E-state index < -0.39 is 0 Å². The van der Waals surface area contributed by atoms with E-state index in [4.69, 9.17) is 0 Å². The summed E-state index contributed by atoms with van der Waals surface area (Å²) in [7, 11) is 0. The number of nitrogens with one attached hydrogen (secondary N) is 1. The third-order valence-corrected chi connectivity index (χ3v) is 4.41. The normalized spacial score (nSPS) is 18.1. The minimum absolute atomic E-state index is 0.307. The summed E-state index contributed by atoms with van der Waals surface area (Å²) >= 11 is 0. The first kappa shape index (κ1) is 13.6. The van der Waals surface area contributed by atoms with E-state index >= 15 is 0 Å². The summed E-state index contributed by atoms with van der Waals surface area (Å²) in [5.74, 6) is 2.18. The molecule has 1 N–H and O–H groups in total. The lowest BCUT2D eigenvalue weighted by atomic mass is 9.87. The van der Waals surface area contributed by atoms with Crippen molar-refractivity contribution in [2.75, 3.05) is 6.54 Å². The highest BCUT2D eigenvalue weighted by Crippen LogP contribution is 2.39. The first-order chi connectivity index (χ1) is 8.50. The van der Waals surface area contributed by atoms with Gasteiger partial charge in [-0.1, -0.05) is 44.2 Å². The molecule has 0 aliphatic heterocycles. The summed E-state index contributed by atoms with van der Waals surface area (Å²) in [5.41, 5.74) is 1.77. The number of hydrogen-bond donors (Lipinski definition) is 1. The molecule has 1 atom stereocenters. The standard InChI is InChI=1S/C17H27N/c1-13(2)16(14-8-6-5-7-9-14)12-18-17(3,4)15-10-11-15/h5-9,13,15-16,18H,10-12H2,1-4H3. The van der Waals surface area contributed by atoms with Crippen molar-refractivity contribution in [2.24, 2.45) is 11.8 Å². The van der Waals surface area contributed by atoms with Crippen LogP contribution in [0.4, 0.5) is 0 Å². The minimum atomic E-state index is 0.307. The van der Waals surface area contributed by atoms with E-state index in [-0.39, 0.29) is 0 Å². The van der Waals surface area contributed by atoms with Gasteiger partial charge in [-0.15, -0.1) is 0 Å². The molecule has 1 aromatic rings. The van der Waals surface area contributed by atoms with Crippen molar-refractivity contribution in [3.8, 4) is 0 Å². The van der Waals surface area contributed by atoms with Crippen molar-refractivity contribution in [1.29, 1.82) is 0 Å². The zero-order valence-electron chi connectivity index (χ0n) is 12.2. The molecule has 0 heterocycles. The number of hydrogen-bond acceptors (Lipinski definition) is 1. The molecular weight excluding hydrogens is 218 g/mol. The topological polar surface area (TPSA) is 12.0 Å². The molecule has 1 saturated carbocycles. The maximum Gasteiger partial charge on any atom is 0.0153 e. The van der Waals surface area contributed by atoms with Crippen molar-refractivity contribution in [1.82, 2.24) is 5.32 Å². The predicted octanol–water partition coefficient (Wildman–Crippen LogP) is 4.20.